The van der Waals surface area contributed by atoms with Gasteiger partial charge in [0, 0.05) is 17.2 Å². The summed E-state index contributed by atoms with van der Waals surface area (Å²) >= 11 is 0. The molecule has 8 heteroatoms. The highest BCUT2D eigenvalue weighted by atomic mass is 32.2. The van der Waals surface area contributed by atoms with E-state index in [0.29, 0.717) is 17.5 Å². The van der Waals surface area contributed by atoms with E-state index in [9.17, 15) is 18.5 Å². The maximum atomic E-state index is 12.4. The van der Waals surface area contributed by atoms with Crippen LogP contribution in [0.2, 0.25) is 0 Å². The molecule has 0 saturated carbocycles. The van der Waals surface area contributed by atoms with Gasteiger partial charge in [-0.25, -0.2) is 13.1 Å². The van der Waals surface area contributed by atoms with Crippen molar-refractivity contribution in [3.63, 3.8) is 0 Å². The van der Waals surface area contributed by atoms with Crippen LogP contribution in [0.15, 0.2) is 11.0 Å². The van der Waals surface area contributed by atoms with E-state index in [1.165, 1.54) is 13.0 Å². The molecule has 0 radical (unpaired) electrons. The zero-order valence-electron chi connectivity index (χ0n) is 12.5. The van der Waals surface area contributed by atoms with Gasteiger partial charge in [-0.15, -0.1) is 0 Å². The summed E-state index contributed by atoms with van der Waals surface area (Å²) in [5.74, 6) is 0. The minimum Gasteiger partial charge on any atom is -0.395 e. The van der Waals surface area contributed by atoms with E-state index in [2.05, 4.69) is 4.72 Å². The fourth-order valence-corrected chi connectivity index (χ4v) is 4.16. The molecule has 0 aromatic heterocycles. The number of rotatable bonds is 6. The molecular formula is C13H20N2O5S. The molecule has 21 heavy (non-hydrogen) atoms. The van der Waals surface area contributed by atoms with Crippen LogP contribution in [-0.2, 0) is 10.0 Å². The Morgan fingerprint density at radius 3 is 2.33 bits per heavy atom. The van der Waals surface area contributed by atoms with Gasteiger partial charge in [-0.2, -0.15) is 0 Å². The van der Waals surface area contributed by atoms with Crippen molar-refractivity contribution in [3.05, 3.63) is 32.9 Å². The first kappa shape index (κ1) is 17.5. The Morgan fingerprint density at radius 2 is 1.90 bits per heavy atom. The van der Waals surface area contributed by atoms with E-state index in [1.807, 2.05) is 0 Å². The highest BCUT2D eigenvalue weighted by Gasteiger charge is 2.28. The molecule has 7 nitrogen and oxygen atoms in total. The molecule has 0 aliphatic carbocycles. The first-order chi connectivity index (χ1) is 9.65. The zero-order valence-corrected chi connectivity index (χ0v) is 13.3. The van der Waals surface area contributed by atoms with Crippen molar-refractivity contribution in [2.75, 3.05) is 6.61 Å². The van der Waals surface area contributed by atoms with Gasteiger partial charge in [-0.05, 0) is 38.8 Å². The number of nitrogens with zero attached hydrogens (tertiary/aromatic N) is 1. The quantitative estimate of drug-likeness (QED) is 0.611. The van der Waals surface area contributed by atoms with Crippen LogP contribution in [0.5, 0.6) is 0 Å². The molecule has 0 bridgehead atoms. The number of aryl methyl sites for hydroxylation is 2. The number of hydrogen-bond acceptors (Lipinski definition) is 5. The molecule has 1 rings (SSSR count). The van der Waals surface area contributed by atoms with Gasteiger partial charge in [0.1, 0.15) is 0 Å². The fraction of sp³-hybridized carbons (Fsp3) is 0.538. The van der Waals surface area contributed by atoms with E-state index < -0.39 is 21.0 Å². The van der Waals surface area contributed by atoms with Crippen LogP contribution >= 0.6 is 0 Å². The lowest BCUT2D eigenvalue weighted by Crippen LogP contribution is -2.37. The normalized spacial score (nSPS) is 13.2. The average Bonchev–Trinajstić information content (AvgIpc) is 2.34. The second-order valence-electron chi connectivity index (χ2n) is 4.98. The molecule has 118 valence electrons. The van der Waals surface area contributed by atoms with Crippen molar-refractivity contribution in [2.45, 2.75) is 45.1 Å². The third-order valence-corrected chi connectivity index (χ3v) is 5.16. The molecule has 0 saturated heterocycles. The molecule has 0 amide bonds. The molecule has 1 atom stereocenters. The lowest BCUT2D eigenvalue weighted by Gasteiger charge is -2.17. The van der Waals surface area contributed by atoms with Gasteiger partial charge in [0.2, 0.25) is 10.0 Å². The molecule has 0 unspecified atom stereocenters. The molecule has 1 aromatic carbocycles. The molecular weight excluding hydrogens is 296 g/mol. The lowest BCUT2D eigenvalue weighted by molar-refractivity contribution is -0.386. The van der Waals surface area contributed by atoms with Crippen LogP contribution in [0.25, 0.3) is 0 Å². The average molecular weight is 316 g/mol. The van der Waals surface area contributed by atoms with E-state index >= 15 is 0 Å². The third kappa shape index (κ3) is 3.58. The van der Waals surface area contributed by atoms with E-state index in [-0.39, 0.29) is 22.8 Å². The van der Waals surface area contributed by atoms with Gasteiger partial charge in [0.05, 0.1) is 16.4 Å². The summed E-state index contributed by atoms with van der Waals surface area (Å²) in [6.45, 7) is 6.00. The number of aliphatic hydroxyl groups excluding tert-OH is 1. The predicted octanol–water partition coefficient (Wildman–Crippen LogP) is 1.57. The van der Waals surface area contributed by atoms with Gasteiger partial charge in [0.15, 0.2) is 0 Å². The molecule has 2 N–H and O–H groups in total. The summed E-state index contributed by atoms with van der Waals surface area (Å²) in [4.78, 5) is 10.5. The monoisotopic (exact) mass is 316 g/mol. The van der Waals surface area contributed by atoms with Crippen LogP contribution in [0, 0.1) is 30.9 Å². The number of nitro groups is 1. The van der Waals surface area contributed by atoms with E-state index in [0.717, 1.165) is 0 Å². The number of aliphatic hydroxyl groups is 1. The summed E-state index contributed by atoms with van der Waals surface area (Å²) in [6.07, 6.45) is 0.418. The van der Waals surface area contributed by atoms with Crippen molar-refractivity contribution < 1.29 is 18.4 Å². The van der Waals surface area contributed by atoms with Gasteiger partial charge < -0.3 is 5.11 Å². The highest BCUT2D eigenvalue weighted by Crippen LogP contribution is 2.31. The van der Waals surface area contributed by atoms with Crippen LogP contribution in [0.3, 0.4) is 0 Å². The van der Waals surface area contributed by atoms with Gasteiger partial charge in [0.25, 0.3) is 5.69 Å². The third-order valence-electron chi connectivity index (χ3n) is 3.35. The second-order valence-corrected chi connectivity index (χ2v) is 6.63. The Kier molecular flexibility index (Phi) is 5.43. The first-order valence-corrected chi connectivity index (χ1v) is 8.02. The van der Waals surface area contributed by atoms with E-state index in [1.54, 1.807) is 20.8 Å². The Morgan fingerprint density at radius 1 is 1.33 bits per heavy atom. The molecule has 0 aliphatic heterocycles. The topological polar surface area (TPSA) is 110 Å². The fourth-order valence-electron chi connectivity index (χ4n) is 2.38. The summed E-state index contributed by atoms with van der Waals surface area (Å²) in [6, 6.07) is 0.869. The molecule has 0 spiro atoms. The van der Waals surface area contributed by atoms with Crippen molar-refractivity contribution in [1.82, 2.24) is 4.72 Å². The summed E-state index contributed by atoms with van der Waals surface area (Å²) in [7, 11) is -3.93. The molecule has 1 aromatic rings. The molecule has 0 aliphatic rings. The lowest BCUT2D eigenvalue weighted by atomic mass is 10.1. The van der Waals surface area contributed by atoms with Gasteiger partial charge in [-0.3, -0.25) is 10.1 Å². The smallest absolute Gasteiger partial charge is 0.276 e. The maximum Gasteiger partial charge on any atom is 0.276 e. The zero-order chi connectivity index (χ0) is 16.4. The maximum absolute atomic E-state index is 12.4. The summed E-state index contributed by atoms with van der Waals surface area (Å²) in [5, 5.41) is 20.2. The van der Waals surface area contributed by atoms with Crippen LogP contribution in [-0.4, -0.2) is 31.1 Å². The highest BCUT2D eigenvalue weighted by molar-refractivity contribution is 7.89. The standard InChI is InChI=1S/C13H20N2O5S/c1-5-11(7-16)14-21(19,20)13-9(3)6-8(2)12(10(13)4)15(17)18/h6,11,14,16H,5,7H2,1-4H3/t11-/m0/s1. The minimum atomic E-state index is -3.93. The number of nitro benzene ring substituents is 1. The van der Waals surface area contributed by atoms with Crippen molar-refractivity contribution in [1.29, 1.82) is 0 Å². The van der Waals surface area contributed by atoms with Crippen molar-refractivity contribution in [3.8, 4) is 0 Å². The Bertz CT molecular complexity index is 651. The first-order valence-electron chi connectivity index (χ1n) is 6.54. The number of nitrogens with one attached hydrogen (secondary N) is 1. The molecule has 0 fully saturated rings. The largest absolute Gasteiger partial charge is 0.395 e. The number of benzene rings is 1. The van der Waals surface area contributed by atoms with Gasteiger partial charge >= 0.3 is 0 Å². The Balaban J connectivity index is 3.49. The summed E-state index contributed by atoms with van der Waals surface area (Å²) < 4.78 is 27.3. The van der Waals surface area contributed by atoms with Crippen molar-refractivity contribution >= 4 is 15.7 Å². The summed E-state index contributed by atoms with van der Waals surface area (Å²) in [5.41, 5.74) is 0.773. The number of hydrogen-bond donors (Lipinski definition) is 2. The second kappa shape index (κ2) is 6.50. The molecule has 0 heterocycles. The van der Waals surface area contributed by atoms with E-state index in [4.69, 9.17) is 5.11 Å². The minimum absolute atomic E-state index is 0.0910. The van der Waals surface area contributed by atoms with Crippen molar-refractivity contribution in [2.24, 2.45) is 0 Å². The van der Waals surface area contributed by atoms with Gasteiger partial charge in [-0.1, -0.05) is 6.92 Å². The van der Waals surface area contributed by atoms with Crippen LogP contribution in [0.4, 0.5) is 5.69 Å². The SMILES string of the molecule is CC[C@@H](CO)NS(=O)(=O)c1c(C)cc(C)c([N+](=O)[O-])c1C. The number of sulfonamides is 1. The van der Waals surface area contributed by atoms with Crippen LogP contribution in [0.1, 0.15) is 30.0 Å². The Labute approximate surface area is 124 Å². The Hall–Kier alpha value is -1.51. The predicted molar refractivity (Wildman–Crippen MR) is 78.8 cm³/mol. The van der Waals surface area contributed by atoms with Crippen LogP contribution < -0.4 is 4.72 Å².